The van der Waals surface area contributed by atoms with Crippen LogP contribution >= 0.6 is 0 Å². The number of hydrogen-bond donors (Lipinski definition) is 0. The second kappa shape index (κ2) is 3.09. The van der Waals surface area contributed by atoms with E-state index >= 15 is 0 Å². The summed E-state index contributed by atoms with van der Waals surface area (Å²) in [7, 11) is -3.66. The van der Waals surface area contributed by atoms with Crippen LogP contribution < -0.4 is 4.18 Å². The zero-order valence-corrected chi connectivity index (χ0v) is 9.07. The summed E-state index contributed by atoms with van der Waals surface area (Å²) in [6.07, 6.45) is 0. The van der Waals surface area contributed by atoms with E-state index in [2.05, 4.69) is 0 Å². The zero-order valence-electron chi connectivity index (χ0n) is 8.25. The first-order valence-corrected chi connectivity index (χ1v) is 6.22. The van der Waals surface area contributed by atoms with Crippen LogP contribution in [-0.2, 0) is 10.1 Å². The van der Waals surface area contributed by atoms with Gasteiger partial charge in [-0.3, -0.25) is 0 Å². The molecule has 0 fully saturated rings. The predicted molar refractivity (Wildman–Crippen MR) is 59.7 cm³/mol. The molecule has 0 spiro atoms. The van der Waals surface area contributed by atoms with Gasteiger partial charge in [0.15, 0.2) is 5.75 Å². The number of rotatable bonds is 0. The lowest BCUT2D eigenvalue weighted by Gasteiger charge is -2.19. The quantitative estimate of drug-likeness (QED) is 0.655. The third-order valence-corrected chi connectivity index (χ3v) is 3.83. The molecule has 1 aliphatic rings. The molecule has 4 heteroatoms. The number of fused-ring (bicyclic) bond motifs is 3. The lowest BCUT2D eigenvalue weighted by atomic mass is 10.0. The van der Waals surface area contributed by atoms with E-state index < -0.39 is 10.1 Å². The zero-order chi connectivity index (χ0) is 11.2. The van der Waals surface area contributed by atoms with E-state index in [-0.39, 0.29) is 4.90 Å². The average Bonchev–Trinajstić information content (AvgIpc) is 2.29. The Morgan fingerprint density at radius 2 is 1.44 bits per heavy atom. The first-order chi connectivity index (χ1) is 7.68. The van der Waals surface area contributed by atoms with Crippen LogP contribution in [0.5, 0.6) is 5.75 Å². The van der Waals surface area contributed by atoms with Gasteiger partial charge < -0.3 is 4.18 Å². The molecule has 2 aromatic rings. The molecule has 0 amide bonds. The van der Waals surface area contributed by atoms with Gasteiger partial charge in [-0.15, -0.1) is 0 Å². The van der Waals surface area contributed by atoms with E-state index in [4.69, 9.17) is 4.18 Å². The van der Waals surface area contributed by atoms with Gasteiger partial charge in [-0.2, -0.15) is 8.42 Å². The minimum absolute atomic E-state index is 0.230. The smallest absolute Gasteiger partial charge is 0.339 e. The van der Waals surface area contributed by atoms with E-state index in [1.165, 1.54) is 0 Å². The topological polar surface area (TPSA) is 43.4 Å². The largest absolute Gasteiger partial charge is 0.378 e. The van der Waals surface area contributed by atoms with Crippen LogP contribution in [-0.4, -0.2) is 8.42 Å². The third kappa shape index (κ3) is 1.23. The first-order valence-electron chi connectivity index (χ1n) is 4.81. The molecule has 0 unspecified atom stereocenters. The standard InChI is InChI=1S/C12H8O3S/c13-16(14)12-8-4-2-6-10(12)9-5-1-3-7-11(9)15-16/h1-8H. The van der Waals surface area contributed by atoms with E-state index in [1.54, 1.807) is 30.3 Å². The summed E-state index contributed by atoms with van der Waals surface area (Å²) in [5.41, 5.74) is 1.51. The van der Waals surface area contributed by atoms with Gasteiger partial charge in [0.2, 0.25) is 0 Å². The van der Waals surface area contributed by atoms with Crippen molar-refractivity contribution >= 4 is 10.1 Å². The lowest BCUT2D eigenvalue weighted by Crippen LogP contribution is -2.15. The molecule has 0 aromatic heterocycles. The van der Waals surface area contributed by atoms with Gasteiger partial charge >= 0.3 is 10.1 Å². The van der Waals surface area contributed by atoms with Gasteiger partial charge in [-0.05, 0) is 12.1 Å². The number of benzene rings is 2. The van der Waals surface area contributed by atoms with Crippen molar-refractivity contribution in [3.63, 3.8) is 0 Å². The minimum atomic E-state index is -3.66. The van der Waals surface area contributed by atoms with Crippen LogP contribution in [0.2, 0.25) is 0 Å². The molecule has 0 bridgehead atoms. The van der Waals surface area contributed by atoms with Crippen LogP contribution in [0.3, 0.4) is 0 Å². The molecule has 0 aliphatic carbocycles. The van der Waals surface area contributed by atoms with Crippen molar-refractivity contribution in [3.8, 4) is 16.9 Å². The Kier molecular flexibility index (Phi) is 1.82. The van der Waals surface area contributed by atoms with Crippen LogP contribution in [0.25, 0.3) is 11.1 Å². The molecular formula is C12H8O3S. The van der Waals surface area contributed by atoms with Gasteiger partial charge in [0.25, 0.3) is 0 Å². The summed E-state index contributed by atoms with van der Waals surface area (Å²) in [6, 6.07) is 14.0. The highest BCUT2D eigenvalue weighted by molar-refractivity contribution is 7.87. The van der Waals surface area contributed by atoms with E-state index in [1.807, 2.05) is 18.2 Å². The molecule has 0 N–H and O–H groups in total. The molecule has 0 saturated heterocycles. The number of para-hydroxylation sites is 1. The highest BCUT2D eigenvalue weighted by atomic mass is 32.2. The van der Waals surface area contributed by atoms with E-state index in [0.29, 0.717) is 11.3 Å². The van der Waals surface area contributed by atoms with Crippen LogP contribution in [0, 0.1) is 0 Å². The summed E-state index contributed by atoms with van der Waals surface area (Å²) in [5.74, 6) is 0.390. The van der Waals surface area contributed by atoms with Crippen molar-refractivity contribution in [2.45, 2.75) is 4.90 Å². The lowest BCUT2D eigenvalue weighted by molar-refractivity contribution is 0.483. The van der Waals surface area contributed by atoms with E-state index in [0.717, 1.165) is 5.56 Å². The minimum Gasteiger partial charge on any atom is -0.378 e. The van der Waals surface area contributed by atoms with Gasteiger partial charge in [0, 0.05) is 11.1 Å². The molecule has 1 aliphatic heterocycles. The van der Waals surface area contributed by atoms with Crippen molar-refractivity contribution in [2.75, 3.05) is 0 Å². The Balaban J connectivity index is 2.42. The fourth-order valence-corrected chi connectivity index (χ4v) is 3.00. The van der Waals surface area contributed by atoms with Crippen molar-refractivity contribution in [2.24, 2.45) is 0 Å². The molecular weight excluding hydrogens is 224 g/mol. The highest BCUT2D eigenvalue weighted by Gasteiger charge is 2.28. The summed E-state index contributed by atoms with van der Waals surface area (Å²) >= 11 is 0. The average molecular weight is 232 g/mol. The number of hydrogen-bond acceptors (Lipinski definition) is 3. The van der Waals surface area contributed by atoms with Gasteiger partial charge in [0.05, 0.1) is 0 Å². The maximum Gasteiger partial charge on any atom is 0.339 e. The van der Waals surface area contributed by atoms with Crippen LogP contribution in [0.4, 0.5) is 0 Å². The normalized spacial score (nSPS) is 15.8. The predicted octanol–water partition coefficient (Wildman–Crippen LogP) is 2.43. The molecule has 0 atom stereocenters. The molecule has 16 heavy (non-hydrogen) atoms. The molecule has 3 nitrogen and oxygen atoms in total. The molecule has 80 valence electrons. The van der Waals surface area contributed by atoms with Crippen LogP contribution in [0.1, 0.15) is 0 Å². The molecule has 3 rings (SSSR count). The molecule has 1 heterocycles. The second-order valence-corrected chi connectivity index (χ2v) is 5.04. The Bertz CT molecular complexity index is 659. The van der Waals surface area contributed by atoms with Gasteiger partial charge in [0.1, 0.15) is 4.90 Å². The Morgan fingerprint density at radius 3 is 2.25 bits per heavy atom. The fraction of sp³-hybridized carbons (Fsp3) is 0. The van der Waals surface area contributed by atoms with Gasteiger partial charge in [-0.1, -0.05) is 36.4 Å². The fourth-order valence-electron chi connectivity index (χ4n) is 1.83. The van der Waals surface area contributed by atoms with Crippen molar-refractivity contribution in [1.29, 1.82) is 0 Å². The second-order valence-electron chi connectivity index (χ2n) is 3.53. The van der Waals surface area contributed by atoms with Crippen LogP contribution in [0.15, 0.2) is 53.4 Å². The maximum absolute atomic E-state index is 11.8. The monoisotopic (exact) mass is 232 g/mol. The molecule has 0 saturated carbocycles. The SMILES string of the molecule is O=S1(=O)Oc2ccccc2-c2ccccc21. The summed E-state index contributed by atoms with van der Waals surface area (Å²) in [5, 5.41) is 0. The Hall–Kier alpha value is -1.81. The van der Waals surface area contributed by atoms with Crippen molar-refractivity contribution in [1.82, 2.24) is 0 Å². The molecule has 0 radical (unpaired) electrons. The maximum atomic E-state index is 11.8. The summed E-state index contributed by atoms with van der Waals surface area (Å²) in [6.45, 7) is 0. The van der Waals surface area contributed by atoms with Crippen molar-refractivity contribution in [3.05, 3.63) is 48.5 Å². The summed E-state index contributed by atoms with van der Waals surface area (Å²) in [4.78, 5) is 0.230. The highest BCUT2D eigenvalue weighted by Crippen LogP contribution is 2.40. The van der Waals surface area contributed by atoms with Crippen molar-refractivity contribution < 1.29 is 12.6 Å². The van der Waals surface area contributed by atoms with Gasteiger partial charge in [-0.25, -0.2) is 0 Å². The molecule has 2 aromatic carbocycles. The summed E-state index contributed by atoms with van der Waals surface area (Å²) < 4.78 is 28.6. The Labute approximate surface area is 93.4 Å². The Morgan fingerprint density at radius 1 is 0.812 bits per heavy atom. The first kappa shape index (κ1) is 9.42. The third-order valence-electron chi connectivity index (χ3n) is 2.53. The van der Waals surface area contributed by atoms with E-state index in [9.17, 15) is 8.42 Å².